The third-order valence-electron chi connectivity index (χ3n) is 5.50. The zero-order valence-corrected chi connectivity index (χ0v) is 19.2. The van der Waals surface area contributed by atoms with Crippen LogP contribution in [0.3, 0.4) is 0 Å². The highest BCUT2D eigenvalue weighted by molar-refractivity contribution is 7.88. The van der Waals surface area contributed by atoms with Crippen LogP contribution in [0.4, 0.5) is 0 Å². The van der Waals surface area contributed by atoms with Crippen LogP contribution in [0.2, 0.25) is 10.0 Å². The number of carbonyl (C=O) groups is 1. The number of nitrogens with zero attached hydrogens (tertiary/aromatic N) is 1. The summed E-state index contributed by atoms with van der Waals surface area (Å²) in [7, 11) is -3.48. The summed E-state index contributed by atoms with van der Waals surface area (Å²) in [5.74, 6) is -0.0689. The third kappa shape index (κ3) is 5.97. The molecule has 5 nitrogen and oxygen atoms in total. The molecule has 0 bridgehead atoms. The summed E-state index contributed by atoms with van der Waals surface area (Å²) in [5.41, 5.74) is 1.78. The van der Waals surface area contributed by atoms with E-state index < -0.39 is 10.0 Å². The van der Waals surface area contributed by atoms with Gasteiger partial charge in [0.25, 0.3) is 0 Å². The standard InChI is InChI=1S/C22H26Cl2N2O3S/c1-16(18-5-3-2-4-6-18)14-25-22(27)19-9-11-26(12-10-19)30(28,29)15-17-7-8-20(23)21(24)13-17/h2-8,13,16,19H,9-12,14-15H2,1H3,(H,25,27)/t16-/m1/s1. The first-order valence-corrected chi connectivity index (χ1v) is 12.4. The molecule has 0 aliphatic carbocycles. The first kappa shape index (κ1) is 23.1. The first-order valence-electron chi connectivity index (χ1n) is 10.0. The van der Waals surface area contributed by atoms with Crippen LogP contribution in [-0.4, -0.2) is 38.3 Å². The van der Waals surface area contributed by atoms with E-state index in [1.54, 1.807) is 18.2 Å². The van der Waals surface area contributed by atoms with E-state index in [4.69, 9.17) is 23.2 Å². The van der Waals surface area contributed by atoms with Gasteiger partial charge in [0.2, 0.25) is 15.9 Å². The van der Waals surface area contributed by atoms with E-state index in [9.17, 15) is 13.2 Å². The summed E-state index contributed by atoms with van der Waals surface area (Å²) in [5, 5.41) is 3.75. The summed E-state index contributed by atoms with van der Waals surface area (Å²) in [6, 6.07) is 14.9. The molecule has 0 saturated carbocycles. The number of halogens is 2. The first-order chi connectivity index (χ1) is 14.3. The maximum Gasteiger partial charge on any atom is 0.223 e. The maximum atomic E-state index is 12.7. The van der Waals surface area contributed by atoms with Crippen LogP contribution in [0, 0.1) is 5.92 Å². The molecule has 0 unspecified atom stereocenters. The summed E-state index contributed by atoms with van der Waals surface area (Å²) >= 11 is 11.9. The smallest absolute Gasteiger partial charge is 0.223 e. The van der Waals surface area contributed by atoms with Gasteiger partial charge in [0, 0.05) is 25.6 Å². The van der Waals surface area contributed by atoms with E-state index in [1.165, 1.54) is 9.87 Å². The second-order valence-corrected chi connectivity index (χ2v) is 10.5. The zero-order valence-electron chi connectivity index (χ0n) is 16.9. The maximum absolute atomic E-state index is 12.7. The fourth-order valence-electron chi connectivity index (χ4n) is 3.62. The van der Waals surface area contributed by atoms with Gasteiger partial charge in [-0.2, -0.15) is 0 Å². The number of sulfonamides is 1. The summed E-state index contributed by atoms with van der Waals surface area (Å²) in [4.78, 5) is 12.5. The number of nitrogens with one attached hydrogen (secondary N) is 1. The van der Waals surface area contributed by atoms with Gasteiger partial charge in [-0.1, -0.05) is 66.5 Å². The normalized spacial score (nSPS) is 16.9. The molecule has 1 fully saturated rings. The number of amides is 1. The van der Waals surface area contributed by atoms with E-state index in [1.807, 2.05) is 30.3 Å². The third-order valence-corrected chi connectivity index (χ3v) is 8.09. The lowest BCUT2D eigenvalue weighted by atomic mass is 9.96. The highest BCUT2D eigenvalue weighted by atomic mass is 35.5. The molecule has 2 aromatic carbocycles. The SMILES string of the molecule is C[C@H](CNC(=O)C1CCN(S(=O)(=O)Cc2ccc(Cl)c(Cl)c2)CC1)c1ccccc1. The minimum atomic E-state index is -3.48. The van der Waals surface area contributed by atoms with E-state index in [0.29, 0.717) is 48.1 Å². The van der Waals surface area contributed by atoms with Crippen LogP contribution in [0.15, 0.2) is 48.5 Å². The Balaban J connectivity index is 1.49. The molecule has 2 aromatic rings. The van der Waals surface area contributed by atoms with Gasteiger partial charge in [-0.25, -0.2) is 12.7 Å². The van der Waals surface area contributed by atoms with Gasteiger partial charge in [0.05, 0.1) is 15.8 Å². The van der Waals surface area contributed by atoms with Crippen molar-refractivity contribution in [3.05, 3.63) is 69.7 Å². The lowest BCUT2D eigenvalue weighted by molar-refractivity contribution is -0.126. The van der Waals surface area contributed by atoms with Crippen molar-refractivity contribution >= 4 is 39.1 Å². The average molecular weight is 469 g/mol. The number of rotatable bonds is 7. The Bertz CT molecular complexity index is 975. The van der Waals surface area contributed by atoms with Crippen LogP contribution in [0.25, 0.3) is 0 Å². The molecule has 3 rings (SSSR count). The Morgan fingerprint density at radius 3 is 2.40 bits per heavy atom. The largest absolute Gasteiger partial charge is 0.355 e. The molecule has 30 heavy (non-hydrogen) atoms. The Kier molecular flexibility index (Phi) is 7.80. The predicted molar refractivity (Wildman–Crippen MR) is 121 cm³/mol. The second-order valence-electron chi connectivity index (χ2n) is 7.73. The number of piperidine rings is 1. The molecule has 162 valence electrons. The molecule has 0 radical (unpaired) electrons. The minimum Gasteiger partial charge on any atom is -0.355 e. The van der Waals surface area contributed by atoms with E-state index in [0.717, 1.165) is 0 Å². The quantitative estimate of drug-likeness (QED) is 0.652. The van der Waals surface area contributed by atoms with Crippen LogP contribution in [-0.2, 0) is 20.6 Å². The van der Waals surface area contributed by atoms with Crippen molar-refractivity contribution in [1.82, 2.24) is 9.62 Å². The van der Waals surface area contributed by atoms with Crippen molar-refractivity contribution in [1.29, 1.82) is 0 Å². The van der Waals surface area contributed by atoms with Gasteiger partial charge in [-0.3, -0.25) is 4.79 Å². The Hall–Kier alpha value is -1.60. The molecule has 1 N–H and O–H groups in total. The molecule has 1 aliphatic rings. The molecule has 1 amide bonds. The molecule has 1 aliphatic heterocycles. The number of benzene rings is 2. The molecular weight excluding hydrogens is 443 g/mol. The molecule has 0 aromatic heterocycles. The average Bonchev–Trinajstić information content (AvgIpc) is 2.75. The molecular formula is C22H26Cl2N2O3S. The van der Waals surface area contributed by atoms with Crippen LogP contribution >= 0.6 is 23.2 Å². The van der Waals surface area contributed by atoms with Crippen molar-refractivity contribution < 1.29 is 13.2 Å². The molecule has 1 atom stereocenters. The van der Waals surface area contributed by atoms with Gasteiger partial charge >= 0.3 is 0 Å². The van der Waals surface area contributed by atoms with Gasteiger partial charge in [0.1, 0.15) is 0 Å². The van der Waals surface area contributed by atoms with E-state index >= 15 is 0 Å². The van der Waals surface area contributed by atoms with Crippen molar-refractivity contribution in [3.63, 3.8) is 0 Å². The van der Waals surface area contributed by atoms with Crippen LogP contribution in [0.1, 0.15) is 36.8 Å². The van der Waals surface area contributed by atoms with Crippen molar-refractivity contribution in [2.45, 2.75) is 31.4 Å². The van der Waals surface area contributed by atoms with Gasteiger partial charge in [-0.15, -0.1) is 0 Å². The summed E-state index contributed by atoms with van der Waals surface area (Å²) in [6.07, 6.45) is 1.04. The monoisotopic (exact) mass is 468 g/mol. The minimum absolute atomic E-state index is 0.000637. The highest BCUT2D eigenvalue weighted by Crippen LogP contribution is 2.26. The number of hydrogen-bond donors (Lipinski definition) is 1. The Morgan fingerprint density at radius 2 is 1.77 bits per heavy atom. The van der Waals surface area contributed by atoms with Crippen LogP contribution < -0.4 is 5.32 Å². The Labute approximate surface area is 188 Å². The summed E-state index contributed by atoms with van der Waals surface area (Å²) in [6.45, 7) is 3.33. The number of carbonyl (C=O) groups excluding carboxylic acids is 1. The predicted octanol–water partition coefficient (Wildman–Crippen LogP) is 4.46. The lowest BCUT2D eigenvalue weighted by Crippen LogP contribution is -2.43. The van der Waals surface area contributed by atoms with Crippen LogP contribution in [0.5, 0.6) is 0 Å². The van der Waals surface area contributed by atoms with Crippen molar-refractivity contribution in [3.8, 4) is 0 Å². The lowest BCUT2D eigenvalue weighted by Gasteiger charge is -2.30. The molecule has 0 spiro atoms. The van der Waals surface area contributed by atoms with Gasteiger partial charge in [-0.05, 0) is 42.0 Å². The topological polar surface area (TPSA) is 66.5 Å². The van der Waals surface area contributed by atoms with Gasteiger partial charge in [0.15, 0.2) is 0 Å². The highest BCUT2D eigenvalue weighted by Gasteiger charge is 2.31. The summed E-state index contributed by atoms with van der Waals surface area (Å²) < 4.78 is 27.0. The molecule has 1 heterocycles. The van der Waals surface area contributed by atoms with E-state index in [2.05, 4.69) is 12.2 Å². The molecule has 1 saturated heterocycles. The Morgan fingerprint density at radius 1 is 1.10 bits per heavy atom. The van der Waals surface area contributed by atoms with E-state index in [-0.39, 0.29) is 23.5 Å². The fourth-order valence-corrected chi connectivity index (χ4v) is 5.50. The van der Waals surface area contributed by atoms with Crippen molar-refractivity contribution in [2.75, 3.05) is 19.6 Å². The zero-order chi connectivity index (χ0) is 21.7. The molecule has 8 heteroatoms. The fraction of sp³-hybridized carbons (Fsp3) is 0.409. The number of hydrogen-bond acceptors (Lipinski definition) is 3. The van der Waals surface area contributed by atoms with Crippen molar-refractivity contribution in [2.24, 2.45) is 5.92 Å². The second kappa shape index (κ2) is 10.1. The van der Waals surface area contributed by atoms with Gasteiger partial charge < -0.3 is 5.32 Å².